The summed E-state index contributed by atoms with van der Waals surface area (Å²) in [6.45, 7) is 0.871. The molecule has 0 amide bonds. The SMILES string of the molecule is O=C1CCC(=O)OC2(CNCCc3c2ccc(Cl)c3Cc2cccnc2)O1. The number of esters is 2. The number of fused-ring (bicyclic) bond motifs is 2. The van der Waals surface area contributed by atoms with Gasteiger partial charge in [-0.3, -0.25) is 14.6 Å². The zero-order chi connectivity index (χ0) is 18.9. The van der Waals surface area contributed by atoms with Crippen molar-refractivity contribution in [1.29, 1.82) is 0 Å². The molecule has 0 saturated carbocycles. The number of nitrogens with one attached hydrogen (secondary N) is 1. The average Bonchev–Trinajstić information content (AvgIpc) is 2.92. The predicted molar refractivity (Wildman–Crippen MR) is 98.2 cm³/mol. The lowest BCUT2D eigenvalue weighted by molar-refractivity contribution is -0.225. The number of ether oxygens (including phenoxy) is 2. The maximum Gasteiger partial charge on any atom is 0.309 e. The van der Waals surface area contributed by atoms with Gasteiger partial charge in [0.05, 0.1) is 19.4 Å². The molecule has 1 aromatic heterocycles. The molecule has 1 saturated heterocycles. The van der Waals surface area contributed by atoms with Crippen LogP contribution in [-0.2, 0) is 37.7 Å². The summed E-state index contributed by atoms with van der Waals surface area (Å²) in [5, 5.41) is 3.85. The summed E-state index contributed by atoms with van der Waals surface area (Å²) in [7, 11) is 0. The summed E-state index contributed by atoms with van der Waals surface area (Å²) in [5.41, 5.74) is 3.58. The Hall–Kier alpha value is -2.44. The van der Waals surface area contributed by atoms with Crippen molar-refractivity contribution in [3.8, 4) is 0 Å². The van der Waals surface area contributed by atoms with Gasteiger partial charge in [-0.1, -0.05) is 17.7 Å². The smallest absolute Gasteiger partial charge is 0.309 e. The minimum absolute atomic E-state index is 0.0199. The van der Waals surface area contributed by atoms with Crippen molar-refractivity contribution in [2.45, 2.75) is 31.5 Å². The monoisotopic (exact) mass is 386 g/mol. The lowest BCUT2D eigenvalue weighted by Gasteiger charge is -2.32. The standard InChI is InChI=1S/C20H19ClN2O4/c21-17-4-3-16-14(15(17)10-13-2-1-8-22-11-13)7-9-23-12-20(16)26-18(24)5-6-19(25)27-20/h1-4,8,11,23H,5-7,9-10,12H2. The molecule has 2 aliphatic heterocycles. The number of benzene rings is 1. The van der Waals surface area contributed by atoms with E-state index >= 15 is 0 Å². The number of carbonyl (C=O) groups is 2. The normalized spacial score (nSPS) is 18.9. The van der Waals surface area contributed by atoms with Crippen LogP contribution in [0, 0.1) is 0 Å². The number of pyridine rings is 1. The summed E-state index contributed by atoms with van der Waals surface area (Å²) in [6.07, 6.45) is 4.83. The van der Waals surface area contributed by atoms with Gasteiger partial charge in [-0.15, -0.1) is 0 Å². The molecule has 4 rings (SSSR count). The van der Waals surface area contributed by atoms with Crippen molar-refractivity contribution in [2.24, 2.45) is 0 Å². The summed E-state index contributed by atoms with van der Waals surface area (Å²) in [5.74, 6) is -2.34. The van der Waals surface area contributed by atoms with E-state index in [1.807, 2.05) is 12.1 Å². The van der Waals surface area contributed by atoms with E-state index in [0.717, 1.165) is 16.7 Å². The van der Waals surface area contributed by atoms with Gasteiger partial charge in [-0.25, -0.2) is 0 Å². The molecule has 0 radical (unpaired) electrons. The first kappa shape index (κ1) is 17.9. The van der Waals surface area contributed by atoms with Crippen LogP contribution in [0.25, 0.3) is 0 Å². The zero-order valence-corrected chi connectivity index (χ0v) is 15.4. The van der Waals surface area contributed by atoms with E-state index in [0.29, 0.717) is 30.0 Å². The van der Waals surface area contributed by atoms with Crippen molar-refractivity contribution in [3.63, 3.8) is 0 Å². The maximum atomic E-state index is 12.2. The minimum atomic E-state index is -1.45. The van der Waals surface area contributed by atoms with Crippen LogP contribution in [0.15, 0.2) is 36.7 Å². The highest BCUT2D eigenvalue weighted by atomic mass is 35.5. The highest BCUT2D eigenvalue weighted by molar-refractivity contribution is 6.31. The first-order chi connectivity index (χ1) is 13.1. The van der Waals surface area contributed by atoms with Gasteiger partial charge in [0.2, 0.25) is 0 Å². The molecule has 1 N–H and O–H groups in total. The van der Waals surface area contributed by atoms with Crippen molar-refractivity contribution < 1.29 is 19.1 Å². The number of hydrogen-bond donors (Lipinski definition) is 1. The lowest BCUT2D eigenvalue weighted by atomic mass is 9.90. The highest BCUT2D eigenvalue weighted by Crippen LogP contribution is 2.38. The molecule has 0 atom stereocenters. The molecule has 1 spiro atoms. The van der Waals surface area contributed by atoms with Crippen molar-refractivity contribution in [3.05, 3.63) is 63.9 Å². The number of nitrogens with zero attached hydrogens (tertiary/aromatic N) is 1. The number of aromatic nitrogens is 1. The van der Waals surface area contributed by atoms with Gasteiger partial charge in [-0.05, 0) is 47.9 Å². The second-order valence-electron chi connectivity index (χ2n) is 6.72. The number of hydrogen-bond acceptors (Lipinski definition) is 6. The van der Waals surface area contributed by atoms with Crippen LogP contribution in [0.4, 0.5) is 0 Å². The molecule has 1 aromatic carbocycles. The number of carbonyl (C=O) groups excluding carboxylic acids is 2. The summed E-state index contributed by atoms with van der Waals surface area (Å²) in [4.78, 5) is 28.5. The predicted octanol–water partition coefficient (Wildman–Crippen LogP) is 2.50. The van der Waals surface area contributed by atoms with Crippen LogP contribution in [0.3, 0.4) is 0 Å². The van der Waals surface area contributed by atoms with Crippen molar-refractivity contribution in [1.82, 2.24) is 10.3 Å². The third-order valence-corrected chi connectivity index (χ3v) is 5.24. The van der Waals surface area contributed by atoms with Gasteiger partial charge in [-0.2, -0.15) is 0 Å². The Morgan fingerprint density at radius 1 is 1.11 bits per heavy atom. The van der Waals surface area contributed by atoms with Crippen LogP contribution in [0.5, 0.6) is 0 Å². The lowest BCUT2D eigenvalue weighted by Crippen LogP contribution is -2.43. The third kappa shape index (κ3) is 3.55. The Balaban J connectivity index is 1.83. The first-order valence-electron chi connectivity index (χ1n) is 8.91. The largest absolute Gasteiger partial charge is 0.416 e. The van der Waals surface area contributed by atoms with Gasteiger partial charge < -0.3 is 14.8 Å². The summed E-state index contributed by atoms with van der Waals surface area (Å²) in [6, 6.07) is 7.43. The topological polar surface area (TPSA) is 77.5 Å². The molecule has 2 aromatic rings. The fourth-order valence-corrected chi connectivity index (χ4v) is 3.89. The van der Waals surface area contributed by atoms with E-state index < -0.39 is 17.7 Å². The van der Waals surface area contributed by atoms with Gasteiger partial charge in [0.25, 0.3) is 5.79 Å². The number of halogens is 1. The van der Waals surface area contributed by atoms with Crippen LogP contribution < -0.4 is 5.32 Å². The Labute approximate surface area is 161 Å². The maximum absolute atomic E-state index is 12.2. The van der Waals surface area contributed by atoms with Crippen LogP contribution in [-0.4, -0.2) is 30.0 Å². The van der Waals surface area contributed by atoms with E-state index in [9.17, 15) is 9.59 Å². The van der Waals surface area contributed by atoms with E-state index in [4.69, 9.17) is 21.1 Å². The van der Waals surface area contributed by atoms with E-state index in [1.54, 1.807) is 24.5 Å². The fourth-order valence-electron chi connectivity index (χ4n) is 3.64. The second-order valence-corrected chi connectivity index (χ2v) is 7.13. The van der Waals surface area contributed by atoms with Gasteiger partial charge >= 0.3 is 11.9 Å². The fraction of sp³-hybridized carbons (Fsp3) is 0.350. The van der Waals surface area contributed by atoms with E-state index in [2.05, 4.69) is 10.3 Å². The van der Waals surface area contributed by atoms with Gasteiger partial charge in [0, 0.05) is 29.4 Å². The molecular weight excluding hydrogens is 368 g/mol. The molecular formula is C20H19ClN2O4. The molecule has 0 bridgehead atoms. The van der Waals surface area contributed by atoms with Crippen molar-refractivity contribution in [2.75, 3.05) is 13.1 Å². The molecule has 27 heavy (non-hydrogen) atoms. The second kappa shape index (κ2) is 7.29. The highest BCUT2D eigenvalue weighted by Gasteiger charge is 2.45. The summed E-state index contributed by atoms with van der Waals surface area (Å²) < 4.78 is 11.3. The quantitative estimate of drug-likeness (QED) is 0.799. The van der Waals surface area contributed by atoms with Crippen LogP contribution in [0.1, 0.15) is 35.1 Å². The third-order valence-electron chi connectivity index (χ3n) is 4.89. The molecule has 1 fully saturated rings. The van der Waals surface area contributed by atoms with Crippen molar-refractivity contribution >= 4 is 23.5 Å². The Morgan fingerprint density at radius 3 is 2.59 bits per heavy atom. The van der Waals surface area contributed by atoms with Gasteiger partial charge in [0.1, 0.15) is 0 Å². The van der Waals surface area contributed by atoms with E-state index in [-0.39, 0.29) is 19.4 Å². The Bertz CT molecular complexity index is 867. The Morgan fingerprint density at radius 2 is 1.89 bits per heavy atom. The molecule has 140 valence electrons. The van der Waals surface area contributed by atoms with Crippen LogP contribution >= 0.6 is 11.6 Å². The molecule has 0 aliphatic carbocycles. The first-order valence-corrected chi connectivity index (χ1v) is 9.29. The van der Waals surface area contributed by atoms with E-state index in [1.165, 1.54) is 0 Å². The molecule has 7 heteroatoms. The Kier molecular flexibility index (Phi) is 4.85. The molecule has 2 aliphatic rings. The zero-order valence-electron chi connectivity index (χ0n) is 14.7. The van der Waals surface area contributed by atoms with Crippen LogP contribution in [0.2, 0.25) is 5.02 Å². The number of rotatable bonds is 2. The minimum Gasteiger partial charge on any atom is -0.416 e. The molecule has 6 nitrogen and oxygen atoms in total. The molecule has 0 unspecified atom stereocenters. The average molecular weight is 387 g/mol. The van der Waals surface area contributed by atoms with Gasteiger partial charge in [0.15, 0.2) is 0 Å². The molecule has 3 heterocycles. The summed E-state index contributed by atoms with van der Waals surface area (Å²) >= 11 is 6.52.